The molecule has 0 radical (unpaired) electrons. The van der Waals surface area contributed by atoms with Crippen LogP contribution in [0.4, 0.5) is 0 Å². The van der Waals surface area contributed by atoms with Gasteiger partial charge in [0, 0.05) is 12.6 Å². The topological polar surface area (TPSA) is 29.3 Å². The first kappa shape index (κ1) is 11.9. The number of rotatable bonds is 5. The summed E-state index contributed by atoms with van der Waals surface area (Å²) in [5.74, 6) is 1.33. The van der Waals surface area contributed by atoms with Gasteiger partial charge in [0.2, 0.25) is 0 Å². The van der Waals surface area contributed by atoms with Gasteiger partial charge in [0.25, 0.3) is 0 Å². The van der Waals surface area contributed by atoms with Gasteiger partial charge in [-0.05, 0) is 32.4 Å². The fraction of sp³-hybridized carbons (Fsp3) is 1.00. The van der Waals surface area contributed by atoms with Crippen molar-refractivity contribution >= 4 is 0 Å². The summed E-state index contributed by atoms with van der Waals surface area (Å²) in [6, 6.07) is 0.595. The molecular weight excluding hydrogens is 148 g/mol. The zero-order chi connectivity index (χ0) is 9.72. The van der Waals surface area contributed by atoms with Gasteiger partial charge in [-0.1, -0.05) is 20.8 Å². The van der Waals surface area contributed by atoms with Gasteiger partial charge in [-0.3, -0.25) is 0 Å². The molecule has 2 atom stereocenters. The van der Waals surface area contributed by atoms with Crippen LogP contribution in [0.1, 0.15) is 27.7 Å². The fourth-order valence-corrected chi connectivity index (χ4v) is 1.37. The van der Waals surface area contributed by atoms with Crippen molar-refractivity contribution in [1.82, 2.24) is 4.90 Å². The van der Waals surface area contributed by atoms with E-state index in [1.165, 1.54) is 0 Å². The third-order valence-corrected chi connectivity index (χ3v) is 2.54. The standard InChI is InChI=1S/C10H24N2/c1-8(2)7-12(5)10(4)9(3)6-11/h8-10H,6-7,11H2,1-5H3. The van der Waals surface area contributed by atoms with E-state index in [-0.39, 0.29) is 0 Å². The molecule has 74 valence electrons. The van der Waals surface area contributed by atoms with E-state index in [2.05, 4.69) is 39.6 Å². The highest BCUT2D eigenvalue weighted by Crippen LogP contribution is 2.09. The monoisotopic (exact) mass is 172 g/mol. The highest BCUT2D eigenvalue weighted by Gasteiger charge is 2.15. The van der Waals surface area contributed by atoms with Crippen LogP contribution in [-0.4, -0.2) is 31.1 Å². The van der Waals surface area contributed by atoms with Crippen molar-refractivity contribution in [3.8, 4) is 0 Å². The Labute approximate surface area is 77.1 Å². The smallest absolute Gasteiger partial charge is 0.0102 e. The molecule has 12 heavy (non-hydrogen) atoms. The van der Waals surface area contributed by atoms with Gasteiger partial charge in [-0.25, -0.2) is 0 Å². The lowest BCUT2D eigenvalue weighted by atomic mass is 10.0. The van der Waals surface area contributed by atoms with E-state index >= 15 is 0 Å². The highest BCUT2D eigenvalue weighted by atomic mass is 15.1. The Balaban J connectivity index is 3.83. The first-order valence-corrected chi connectivity index (χ1v) is 4.89. The predicted molar refractivity (Wildman–Crippen MR) is 55.1 cm³/mol. The van der Waals surface area contributed by atoms with Crippen LogP contribution >= 0.6 is 0 Å². The van der Waals surface area contributed by atoms with Crippen LogP contribution in [0, 0.1) is 11.8 Å². The van der Waals surface area contributed by atoms with Crippen molar-refractivity contribution in [1.29, 1.82) is 0 Å². The molecule has 0 saturated heterocycles. The lowest BCUT2D eigenvalue weighted by molar-refractivity contribution is 0.183. The normalized spacial score (nSPS) is 17.0. The zero-order valence-electron chi connectivity index (χ0n) is 9.17. The molecule has 0 aromatic rings. The maximum absolute atomic E-state index is 5.61. The Kier molecular flexibility index (Phi) is 5.51. The maximum atomic E-state index is 5.61. The van der Waals surface area contributed by atoms with Crippen molar-refractivity contribution in [3.63, 3.8) is 0 Å². The molecule has 0 bridgehead atoms. The average Bonchev–Trinajstić information content (AvgIpc) is 2.00. The van der Waals surface area contributed by atoms with Crippen molar-refractivity contribution in [3.05, 3.63) is 0 Å². The zero-order valence-corrected chi connectivity index (χ0v) is 9.17. The molecule has 0 spiro atoms. The Morgan fingerprint density at radius 3 is 2.00 bits per heavy atom. The van der Waals surface area contributed by atoms with Crippen molar-refractivity contribution in [2.45, 2.75) is 33.7 Å². The summed E-state index contributed by atoms with van der Waals surface area (Å²) >= 11 is 0. The SMILES string of the molecule is CC(C)CN(C)C(C)C(C)CN. The summed E-state index contributed by atoms with van der Waals surface area (Å²) in [6.07, 6.45) is 0. The lowest BCUT2D eigenvalue weighted by Crippen LogP contribution is -2.39. The molecule has 0 amide bonds. The molecule has 0 aliphatic carbocycles. The van der Waals surface area contributed by atoms with Crippen LogP contribution in [0.2, 0.25) is 0 Å². The summed E-state index contributed by atoms with van der Waals surface area (Å²) in [5.41, 5.74) is 5.61. The van der Waals surface area contributed by atoms with Crippen LogP contribution in [0.5, 0.6) is 0 Å². The third kappa shape index (κ3) is 4.07. The van der Waals surface area contributed by atoms with Gasteiger partial charge >= 0.3 is 0 Å². The molecular formula is C10H24N2. The van der Waals surface area contributed by atoms with E-state index in [0.29, 0.717) is 12.0 Å². The molecule has 0 saturated carbocycles. The quantitative estimate of drug-likeness (QED) is 0.682. The molecule has 0 aromatic carbocycles. The van der Waals surface area contributed by atoms with E-state index < -0.39 is 0 Å². The molecule has 0 aliphatic heterocycles. The van der Waals surface area contributed by atoms with Gasteiger partial charge in [0.1, 0.15) is 0 Å². The lowest BCUT2D eigenvalue weighted by Gasteiger charge is -2.30. The summed E-state index contributed by atoms with van der Waals surface area (Å²) in [6.45, 7) is 10.9. The molecule has 2 unspecified atom stereocenters. The third-order valence-electron chi connectivity index (χ3n) is 2.54. The Bertz CT molecular complexity index is 112. The van der Waals surface area contributed by atoms with Crippen LogP contribution in [0.3, 0.4) is 0 Å². The van der Waals surface area contributed by atoms with E-state index in [1.807, 2.05) is 0 Å². The van der Waals surface area contributed by atoms with Gasteiger partial charge < -0.3 is 10.6 Å². The van der Waals surface area contributed by atoms with E-state index in [9.17, 15) is 0 Å². The van der Waals surface area contributed by atoms with Crippen LogP contribution in [-0.2, 0) is 0 Å². The first-order chi connectivity index (χ1) is 5.49. The van der Waals surface area contributed by atoms with Crippen molar-refractivity contribution < 1.29 is 0 Å². The van der Waals surface area contributed by atoms with E-state index in [0.717, 1.165) is 19.0 Å². The molecule has 0 heterocycles. The van der Waals surface area contributed by atoms with Gasteiger partial charge in [0.05, 0.1) is 0 Å². The number of hydrogen-bond donors (Lipinski definition) is 1. The number of hydrogen-bond acceptors (Lipinski definition) is 2. The minimum Gasteiger partial charge on any atom is -0.330 e. The number of nitrogens with zero attached hydrogens (tertiary/aromatic N) is 1. The average molecular weight is 172 g/mol. The molecule has 2 N–H and O–H groups in total. The summed E-state index contributed by atoms with van der Waals surface area (Å²) in [5, 5.41) is 0. The van der Waals surface area contributed by atoms with Crippen LogP contribution < -0.4 is 5.73 Å². The first-order valence-electron chi connectivity index (χ1n) is 4.89. The second-order valence-corrected chi connectivity index (χ2v) is 4.29. The van der Waals surface area contributed by atoms with E-state index in [1.54, 1.807) is 0 Å². The van der Waals surface area contributed by atoms with Crippen molar-refractivity contribution in [2.24, 2.45) is 17.6 Å². The largest absolute Gasteiger partial charge is 0.330 e. The molecule has 0 aromatic heterocycles. The minimum atomic E-state index is 0.591. The summed E-state index contributed by atoms with van der Waals surface area (Å²) in [4.78, 5) is 2.39. The Morgan fingerprint density at radius 2 is 1.67 bits per heavy atom. The Hall–Kier alpha value is -0.0800. The summed E-state index contributed by atoms with van der Waals surface area (Å²) < 4.78 is 0. The molecule has 2 heteroatoms. The molecule has 0 rings (SSSR count). The Morgan fingerprint density at radius 1 is 1.17 bits per heavy atom. The fourth-order valence-electron chi connectivity index (χ4n) is 1.37. The van der Waals surface area contributed by atoms with Gasteiger partial charge in [0.15, 0.2) is 0 Å². The maximum Gasteiger partial charge on any atom is 0.0102 e. The summed E-state index contributed by atoms with van der Waals surface area (Å²) in [7, 11) is 2.18. The van der Waals surface area contributed by atoms with E-state index in [4.69, 9.17) is 5.73 Å². The molecule has 0 fully saturated rings. The second-order valence-electron chi connectivity index (χ2n) is 4.29. The van der Waals surface area contributed by atoms with Crippen molar-refractivity contribution in [2.75, 3.05) is 20.1 Å². The predicted octanol–water partition coefficient (Wildman–Crippen LogP) is 1.56. The molecule has 2 nitrogen and oxygen atoms in total. The van der Waals surface area contributed by atoms with Gasteiger partial charge in [-0.15, -0.1) is 0 Å². The second kappa shape index (κ2) is 5.55. The number of nitrogens with two attached hydrogens (primary N) is 1. The van der Waals surface area contributed by atoms with Crippen LogP contribution in [0.25, 0.3) is 0 Å². The molecule has 0 aliphatic rings. The highest BCUT2D eigenvalue weighted by molar-refractivity contribution is 4.71. The van der Waals surface area contributed by atoms with Gasteiger partial charge in [-0.2, -0.15) is 0 Å². The minimum absolute atomic E-state index is 0.591. The van der Waals surface area contributed by atoms with Crippen LogP contribution in [0.15, 0.2) is 0 Å².